The molecule has 0 saturated carbocycles. The van der Waals surface area contributed by atoms with Gasteiger partial charge in [-0.3, -0.25) is 9.59 Å². The quantitative estimate of drug-likeness (QED) is 0.669. The van der Waals surface area contributed by atoms with Crippen molar-refractivity contribution in [3.05, 3.63) is 57.3 Å². The zero-order chi connectivity index (χ0) is 19.8. The van der Waals surface area contributed by atoms with Crippen LogP contribution in [0.4, 0.5) is 0 Å². The van der Waals surface area contributed by atoms with E-state index in [0.29, 0.717) is 11.3 Å². The molecule has 0 aliphatic rings. The van der Waals surface area contributed by atoms with Gasteiger partial charge in [-0.25, -0.2) is 4.79 Å². The summed E-state index contributed by atoms with van der Waals surface area (Å²) in [7, 11) is 0. The molecule has 0 unspecified atom stereocenters. The van der Waals surface area contributed by atoms with Crippen LogP contribution in [-0.4, -0.2) is 30.3 Å². The summed E-state index contributed by atoms with van der Waals surface area (Å²) in [5, 5.41) is 2.65. The molecule has 0 saturated heterocycles. The van der Waals surface area contributed by atoms with Gasteiger partial charge in [0.25, 0.3) is 5.91 Å². The first-order valence-corrected chi connectivity index (χ1v) is 9.82. The number of esters is 1. The van der Waals surface area contributed by atoms with Crippen LogP contribution in [0, 0.1) is 6.92 Å². The number of amides is 1. The molecular formula is C21H25NO4S. The molecule has 2 rings (SSSR count). The minimum atomic E-state index is -0.640. The second-order valence-electron chi connectivity index (χ2n) is 6.44. The fourth-order valence-corrected chi connectivity index (χ4v) is 3.69. The summed E-state index contributed by atoms with van der Waals surface area (Å²) in [5.41, 5.74) is 2.09. The summed E-state index contributed by atoms with van der Waals surface area (Å²) >= 11 is 1.37. The van der Waals surface area contributed by atoms with Crippen LogP contribution in [0.15, 0.2) is 36.4 Å². The minimum absolute atomic E-state index is 0.142. The molecule has 0 aliphatic carbocycles. The number of rotatable bonds is 9. The predicted octanol–water partition coefficient (Wildman–Crippen LogP) is 3.48. The molecule has 1 aromatic heterocycles. The second kappa shape index (κ2) is 10.0. The Morgan fingerprint density at radius 3 is 2.52 bits per heavy atom. The van der Waals surface area contributed by atoms with Crippen molar-refractivity contribution in [1.82, 2.24) is 5.32 Å². The number of aryl methyl sites for hydroxylation is 2. The lowest BCUT2D eigenvalue weighted by molar-refractivity contribution is -0.128. The van der Waals surface area contributed by atoms with E-state index in [1.807, 2.05) is 43.3 Å². The molecule has 0 spiro atoms. The highest BCUT2D eigenvalue weighted by atomic mass is 32.1. The van der Waals surface area contributed by atoms with Crippen molar-refractivity contribution in [2.75, 3.05) is 6.61 Å². The maximum Gasteiger partial charge on any atom is 0.348 e. The van der Waals surface area contributed by atoms with Gasteiger partial charge in [0.2, 0.25) is 0 Å². The Balaban J connectivity index is 1.89. The molecule has 144 valence electrons. The fourth-order valence-electron chi connectivity index (χ4n) is 2.72. The van der Waals surface area contributed by atoms with Crippen LogP contribution >= 0.6 is 11.3 Å². The zero-order valence-corrected chi connectivity index (χ0v) is 16.7. The molecule has 1 atom stereocenters. The number of Topliss-reactive ketones (excluding diaryl/α,β-unsaturated/α-hetero) is 1. The van der Waals surface area contributed by atoms with Crippen molar-refractivity contribution in [2.45, 2.75) is 46.1 Å². The van der Waals surface area contributed by atoms with Crippen molar-refractivity contribution in [1.29, 1.82) is 0 Å². The lowest BCUT2D eigenvalue weighted by Crippen LogP contribution is -2.43. The Labute approximate surface area is 163 Å². The molecule has 1 heterocycles. The third-order valence-electron chi connectivity index (χ3n) is 4.18. The highest BCUT2D eigenvalue weighted by Crippen LogP contribution is 2.23. The van der Waals surface area contributed by atoms with E-state index in [-0.39, 0.29) is 5.78 Å². The van der Waals surface area contributed by atoms with Crippen molar-refractivity contribution >= 4 is 29.0 Å². The van der Waals surface area contributed by atoms with E-state index in [2.05, 4.69) is 12.2 Å². The Kier molecular flexibility index (Phi) is 7.73. The molecule has 0 radical (unpaired) electrons. The summed E-state index contributed by atoms with van der Waals surface area (Å²) in [6, 6.07) is 10.6. The van der Waals surface area contributed by atoms with Gasteiger partial charge in [0.15, 0.2) is 12.4 Å². The number of nitrogens with one attached hydrogen (secondary N) is 1. The van der Waals surface area contributed by atoms with E-state index in [9.17, 15) is 14.4 Å². The summed E-state index contributed by atoms with van der Waals surface area (Å²) in [6.45, 7) is 5.08. The third kappa shape index (κ3) is 6.32. The average Bonchev–Trinajstić information content (AvgIpc) is 3.01. The Bertz CT molecular complexity index is 798. The summed E-state index contributed by atoms with van der Waals surface area (Å²) in [6.07, 6.45) is 2.32. The van der Waals surface area contributed by atoms with Gasteiger partial charge in [-0.1, -0.05) is 43.7 Å². The third-order valence-corrected chi connectivity index (χ3v) is 5.26. The van der Waals surface area contributed by atoms with Gasteiger partial charge < -0.3 is 10.1 Å². The Hall–Kier alpha value is -2.47. The lowest BCUT2D eigenvalue weighted by atomic mass is 10.0. The first-order valence-electron chi connectivity index (χ1n) is 9.00. The standard InChI is InChI=1S/C21H25NO4S/c1-4-8-17-12-19(27-15(17)3)21(25)26-13-20(24)22-18(14(2)23)11-16-9-6-5-7-10-16/h5-7,9-10,12,18H,4,8,11,13H2,1-3H3,(H,22,24)/t18-/m1/s1. The smallest absolute Gasteiger partial charge is 0.348 e. The predicted molar refractivity (Wildman–Crippen MR) is 106 cm³/mol. The summed E-state index contributed by atoms with van der Waals surface area (Å²) in [5.74, 6) is -1.14. The van der Waals surface area contributed by atoms with E-state index in [1.54, 1.807) is 0 Å². The van der Waals surface area contributed by atoms with Gasteiger partial charge in [0.1, 0.15) is 4.88 Å². The summed E-state index contributed by atoms with van der Waals surface area (Å²) in [4.78, 5) is 37.7. The van der Waals surface area contributed by atoms with Crippen LogP contribution in [0.2, 0.25) is 0 Å². The number of thiophene rings is 1. The Morgan fingerprint density at radius 2 is 1.89 bits per heavy atom. The van der Waals surface area contributed by atoms with Crippen molar-refractivity contribution in [3.63, 3.8) is 0 Å². The normalized spacial score (nSPS) is 11.7. The van der Waals surface area contributed by atoms with Crippen LogP contribution < -0.4 is 5.32 Å². The number of carbonyl (C=O) groups excluding carboxylic acids is 3. The number of carbonyl (C=O) groups is 3. The first kappa shape index (κ1) is 20.8. The largest absolute Gasteiger partial charge is 0.451 e. The molecule has 1 N–H and O–H groups in total. The van der Waals surface area contributed by atoms with Crippen molar-refractivity contribution in [3.8, 4) is 0 Å². The number of hydrogen-bond donors (Lipinski definition) is 1. The molecule has 0 aliphatic heterocycles. The van der Waals surface area contributed by atoms with Crippen molar-refractivity contribution in [2.24, 2.45) is 0 Å². The summed E-state index contributed by atoms with van der Waals surface area (Å²) < 4.78 is 5.12. The van der Waals surface area contributed by atoms with Crippen LogP contribution in [0.5, 0.6) is 0 Å². The SMILES string of the molecule is CCCc1cc(C(=O)OCC(=O)N[C@H](Cc2ccccc2)C(C)=O)sc1C. The molecule has 5 nitrogen and oxygen atoms in total. The van der Waals surface area contributed by atoms with Crippen LogP contribution in [0.1, 0.15) is 45.9 Å². The molecule has 2 aromatic rings. The molecule has 1 aromatic carbocycles. The monoisotopic (exact) mass is 387 g/mol. The zero-order valence-electron chi connectivity index (χ0n) is 15.9. The molecule has 0 fully saturated rings. The molecule has 6 heteroatoms. The van der Waals surface area contributed by atoms with Gasteiger partial charge in [0, 0.05) is 4.88 Å². The highest BCUT2D eigenvalue weighted by molar-refractivity contribution is 7.14. The second-order valence-corrected chi connectivity index (χ2v) is 7.70. The van der Waals surface area contributed by atoms with E-state index in [4.69, 9.17) is 4.74 Å². The van der Waals surface area contributed by atoms with Crippen molar-refractivity contribution < 1.29 is 19.1 Å². The van der Waals surface area contributed by atoms with E-state index < -0.39 is 24.5 Å². The first-order chi connectivity index (χ1) is 12.9. The topological polar surface area (TPSA) is 72.5 Å². The average molecular weight is 388 g/mol. The van der Waals surface area contributed by atoms with Crippen LogP contribution in [0.25, 0.3) is 0 Å². The van der Waals surface area contributed by atoms with Gasteiger partial charge in [-0.05, 0) is 43.9 Å². The molecule has 1 amide bonds. The number of benzene rings is 1. The van der Waals surface area contributed by atoms with E-state index in [1.165, 1.54) is 18.3 Å². The number of ketones is 1. The fraction of sp³-hybridized carbons (Fsp3) is 0.381. The van der Waals surface area contributed by atoms with E-state index in [0.717, 1.165) is 28.8 Å². The number of hydrogen-bond acceptors (Lipinski definition) is 5. The number of ether oxygens (including phenoxy) is 1. The minimum Gasteiger partial charge on any atom is -0.451 e. The van der Waals surface area contributed by atoms with Gasteiger partial charge in [-0.2, -0.15) is 0 Å². The Morgan fingerprint density at radius 1 is 1.19 bits per heavy atom. The van der Waals surface area contributed by atoms with Gasteiger partial charge >= 0.3 is 5.97 Å². The molecular weight excluding hydrogens is 362 g/mol. The van der Waals surface area contributed by atoms with E-state index >= 15 is 0 Å². The maximum atomic E-state index is 12.2. The molecule has 0 bridgehead atoms. The lowest BCUT2D eigenvalue weighted by Gasteiger charge is -2.16. The van der Waals surface area contributed by atoms with Gasteiger partial charge in [0.05, 0.1) is 6.04 Å². The highest BCUT2D eigenvalue weighted by Gasteiger charge is 2.19. The van der Waals surface area contributed by atoms with Crippen LogP contribution in [-0.2, 0) is 27.2 Å². The molecule has 27 heavy (non-hydrogen) atoms. The maximum absolute atomic E-state index is 12.2. The van der Waals surface area contributed by atoms with Gasteiger partial charge in [-0.15, -0.1) is 11.3 Å². The van der Waals surface area contributed by atoms with Crippen LogP contribution in [0.3, 0.4) is 0 Å².